The highest BCUT2D eigenvalue weighted by molar-refractivity contribution is 6.52. The molecular weight excluding hydrogens is 184 g/mol. The lowest BCUT2D eigenvalue weighted by Gasteiger charge is -2.12. The SMILES string of the molecule is C#Cc1cc[si](CC)c(CC)c1CC. The average molecular weight is 202 g/mol. The van der Waals surface area contributed by atoms with E-state index in [4.69, 9.17) is 6.42 Å². The van der Waals surface area contributed by atoms with Gasteiger partial charge in [-0.2, -0.15) is 0 Å². The second kappa shape index (κ2) is 5.12. The Balaban J connectivity index is 3.38. The third kappa shape index (κ3) is 1.96. The van der Waals surface area contributed by atoms with E-state index in [0.717, 1.165) is 12.0 Å². The van der Waals surface area contributed by atoms with Crippen LogP contribution in [-0.2, 0) is 18.9 Å². The molecular formula is C13H18Si. The molecule has 0 N–H and O–H groups in total. The van der Waals surface area contributed by atoms with Crippen LogP contribution in [0.5, 0.6) is 0 Å². The summed E-state index contributed by atoms with van der Waals surface area (Å²) in [4.78, 5) is 0. The van der Waals surface area contributed by atoms with Crippen molar-refractivity contribution in [3.8, 4) is 12.3 Å². The van der Waals surface area contributed by atoms with Crippen LogP contribution < -0.4 is 0 Å². The van der Waals surface area contributed by atoms with Crippen LogP contribution in [0, 0.1) is 12.3 Å². The van der Waals surface area contributed by atoms with Crippen molar-refractivity contribution in [3.63, 3.8) is 0 Å². The third-order valence-corrected chi connectivity index (χ3v) is 5.53. The van der Waals surface area contributed by atoms with Gasteiger partial charge in [-0.1, -0.05) is 43.6 Å². The minimum Gasteiger partial charge on any atom is -0.115 e. The summed E-state index contributed by atoms with van der Waals surface area (Å²) < 4.78 is 0. The summed E-state index contributed by atoms with van der Waals surface area (Å²) in [5, 5.41) is 1.65. The molecule has 0 bridgehead atoms. The fraction of sp³-hybridized carbons (Fsp3) is 0.462. The van der Waals surface area contributed by atoms with Crippen LogP contribution >= 0.6 is 0 Å². The lowest BCUT2D eigenvalue weighted by Crippen LogP contribution is -2.10. The minimum atomic E-state index is -0.397. The molecule has 0 saturated heterocycles. The Kier molecular flexibility index (Phi) is 4.10. The normalized spacial score (nSPS) is 9.86. The topological polar surface area (TPSA) is 0 Å². The molecule has 0 saturated carbocycles. The first-order valence-corrected chi connectivity index (χ1v) is 7.17. The van der Waals surface area contributed by atoms with E-state index >= 15 is 0 Å². The Morgan fingerprint density at radius 1 is 1.29 bits per heavy atom. The zero-order chi connectivity index (χ0) is 10.6. The molecule has 0 radical (unpaired) electrons. The van der Waals surface area contributed by atoms with Gasteiger partial charge >= 0.3 is 0 Å². The van der Waals surface area contributed by atoms with Crippen molar-refractivity contribution in [3.05, 3.63) is 28.0 Å². The third-order valence-electron chi connectivity index (χ3n) is 2.77. The van der Waals surface area contributed by atoms with Gasteiger partial charge in [0.15, 0.2) is 0 Å². The summed E-state index contributed by atoms with van der Waals surface area (Å²) in [5.74, 6) is 2.80. The second-order valence-electron chi connectivity index (χ2n) is 3.43. The molecule has 1 heterocycles. The van der Waals surface area contributed by atoms with E-state index in [1.165, 1.54) is 18.0 Å². The summed E-state index contributed by atoms with van der Waals surface area (Å²) >= 11 is 0. The van der Waals surface area contributed by atoms with Crippen LogP contribution in [0.4, 0.5) is 0 Å². The van der Waals surface area contributed by atoms with Crippen molar-refractivity contribution in [1.29, 1.82) is 0 Å². The van der Waals surface area contributed by atoms with E-state index in [1.807, 2.05) is 0 Å². The lowest BCUT2D eigenvalue weighted by molar-refractivity contribution is 1.05. The van der Waals surface area contributed by atoms with Crippen molar-refractivity contribution in [2.45, 2.75) is 39.7 Å². The van der Waals surface area contributed by atoms with Gasteiger partial charge in [-0.25, -0.2) is 0 Å². The quantitative estimate of drug-likeness (QED) is 0.522. The highest BCUT2D eigenvalue weighted by Crippen LogP contribution is 2.15. The lowest BCUT2D eigenvalue weighted by atomic mass is 10.1. The highest BCUT2D eigenvalue weighted by atomic mass is 28.2. The molecule has 0 nitrogen and oxygen atoms in total. The van der Waals surface area contributed by atoms with Gasteiger partial charge in [0.2, 0.25) is 0 Å². The zero-order valence-electron chi connectivity index (χ0n) is 9.35. The molecule has 74 valence electrons. The van der Waals surface area contributed by atoms with Crippen LogP contribution in [0.1, 0.15) is 37.1 Å². The van der Waals surface area contributed by atoms with Crippen LogP contribution in [0.3, 0.4) is 0 Å². The summed E-state index contributed by atoms with van der Waals surface area (Å²) in [7, 11) is -0.397. The van der Waals surface area contributed by atoms with Gasteiger partial charge in [-0.05, 0) is 24.4 Å². The van der Waals surface area contributed by atoms with E-state index in [0.29, 0.717) is 0 Å². The Labute approximate surface area is 88.9 Å². The van der Waals surface area contributed by atoms with Crippen molar-refractivity contribution in [2.24, 2.45) is 0 Å². The molecule has 0 atom stereocenters. The largest absolute Gasteiger partial charge is 0.115 e. The molecule has 1 rings (SSSR count). The Hall–Kier alpha value is -0.873. The Morgan fingerprint density at radius 3 is 2.43 bits per heavy atom. The molecule has 14 heavy (non-hydrogen) atoms. The van der Waals surface area contributed by atoms with Gasteiger partial charge in [0.25, 0.3) is 0 Å². The van der Waals surface area contributed by atoms with E-state index in [1.54, 1.807) is 5.17 Å². The van der Waals surface area contributed by atoms with Gasteiger partial charge in [-0.15, -0.1) is 6.42 Å². The molecule has 1 aromatic heterocycles. The van der Waals surface area contributed by atoms with E-state index in [2.05, 4.69) is 38.4 Å². The summed E-state index contributed by atoms with van der Waals surface area (Å²) in [5.41, 5.74) is 4.93. The fourth-order valence-corrected chi connectivity index (χ4v) is 4.44. The van der Waals surface area contributed by atoms with Crippen molar-refractivity contribution in [2.75, 3.05) is 0 Å². The van der Waals surface area contributed by atoms with Crippen molar-refractivity contribution >= 4 is 8.40 Å². The molecule has 0 unspecified atom stereocenters. The molecule has 0 fully saturated rings. The molecule has 0 aromatic carbocycles. The highest BCUT2D eigenvalue weighted by Gasteiger charge is 2.08. The molecule has 0 aliphatic rings. The Morgan fingerprint density at radius 2 is 2.00 bits per heavy atom. The number of aryl methyl sites for hydroxylation is 1. The van der Waals surface area contributed by atoms with Gasteiger partial charge < -0.3 is 0 Å². The first-order chi connectivity index (χ1) is 6.78. The maximum absolute atomic E-state index is 5.51. The molecule has 0 spiro atoms. The molecule has 1 heteroatoms. The van der Waals surface area contributed by atoms with Gasteiger partial charge in [0.05, 0.1) is 0 Å². The van der Waals surface area contributed by atoms with Gasteiger partial charge in [-0.3, -0.25) is 0 Å². The predicted molar refractivity (Wildman–Crippen MR) is 64.8 cm³/mol. The van der Waals surface area contributed by atoms with Crippen LogP contribution in [0.2, 0.25) is 0 Å². The van der Waals surface area contributed by atoms with E-state index in [9.17, 15) is 0 Å². The maximum Gasteiger partial charge on any atom is 0.0406 e. The summed E-state index contributed by atoms with van der Waals surface area (Å²) in [6.07, 6.45) is 7.76. The molecule has 0 amide bonds. The fourth-order valence-electron chi connectivity index (χ4n) is 2.05. The smallest absolute Gasteiger partial charge is 0.0406 e. The van der Waals surface area contributed by atoms with Crippen LogP contribution in [0.25, 0.3) is 0 Å². The van der Waals surface area contributed by atoms with Gasteiger partial charge in [0, 0.05) is 14.0 Å². The number of hydrogen-bond donors (Lipinski definition) is 0. The first-order valence-electron chi connectivity index (χ1n) is 5.38. The van der Waals surface area contributed by atoms with Crippen molar-refractivity contribution < 1.29 is 0 Å². The summed E-state index contributed by atoms with van der Waals surface area (Å²) in [6.45, 7) is 6.73. The maximum atomic E-state index is 5.51. The predicted octanol–water partition coefficient (Wildman–Crippen LogP) is 2.84. The first kappa shape index (κ1) is 11.2. The van der Waals surface area contributed by atoms with E-state index < -0.39 is 8.40 Å². The number of terminal acetylenes is 1. The zero-order valence-corrected chi connectivity index (χ0v) is 10.4. The molecule has 0 aliphatic heterocycles. The van der Waals surface area contributed by atoms with E-state index in [-0.39, 0.29) is 0 Å². The van der Waals surface area contributed by atoms with Gasteiger partial charge in [0.1, 0.15) is 0 Å². The Bertz CT molecular complexity index is 358. The van der Waals surface area contributed by atoms with Crippen LogP contribution in [-0.4, -0.2) is 8.40 Å². The monoisotopic (exact) mass is 202 g/mol. The number of hydrogen-bond acceptors (Lipinski definition) is 0. The molecule has 1 aromatic rings. The standard InChI is InChI=1S/C13H18Si/c1-5-11-9-10-14(8-4)13(7-3)12(11)6-2/h1,9-10H,6-8H2,2-4H3. The van der Waals surface area contributed by atoms with Crippen molar-refractivity contribution in [1.82, 2.24) is 0 Å². The summed E-state index contributed by atoms with van der Waals surface area (Å²) in [6, 6.07) is 3.45. The minimum absolute atomic E-state index is 0.397. The molecule has 0 aliphatic carbocycles. The number of rotatable bonds is 3. The van der Waals surface area contributed by atoms with Crippen LogP contribution in [0.15, 0.2) is 11.7 Å². The average Bonchev–Trinajstić information content (AvgIpc) is 2.26. The second-order valence-corrected chi connectivity index (χ2v) is 6.13.